The summed E-state index contributed by atoms with van der Waals surface area (Å²) in [7, 11) is -3.46. The first-order valence-corrected chi connectivity index (χ1v) is 12.8. The fourth-order valence-corrected chi connectivity index (χ4v) is 5.29. The Morgan fingerprint density at radius 1 is 1.21 bits per heavy atom. The lowest BCUT2D eigenvalue weighted by Crippen LogP contribution is -2.64. The van der Waals surface area contributed by atoms with Crippen molar-refractivity contribution in [2.45, 2.75) is 50.2 Å². The van der Waals surface area contributed by atoms with Gasteiger partial charge in [0.05, 0.1) is 22.7 Å². The van der Waals surface area contributed by atoms with Gasteiger partial charge in [0.1, 0.15) is 5.60 Å². The third kappa shape index (κ3) is 5.16. The molecule has 0 radical (unpaired) electrons. The van der Waals surface area contributed by atoms with Crippen LogP contribution in [0.5, 0.6) is 0 Å². The van der Waals surface area contributed by atoms with Crippen LogP contribution in [-0.2, 0) is 14.6 Å². The molecule has 1 aromatic carbocycles. The highest BCUT2D eigenvalue weighted by atomic mass is 35.5. The number of nitrogens with zero attached hydrogens (tertiary/aromatic N) is 3. The smallest absolute Gasteiger partial charge is 0.410 e. The predicted octanol–water partition coefficient (Wildman–Crippen LogP) is 3.76. The molecule has 1 spiro atoms. The number of hydrogen-bond donors (Lipinski definition) is 1. The lowest BCUT2D eigenvalue weighted by atomic mass is 9.61. The van der Waals surface area contributed by atoms with E-state index in [1.807, 2.05) is 20.8 Å². The summed E-state index contributed by atoms with van der Waals surface area (Å²) in [4.78, 5) is 26.5. The average molecular weight is 495 g/mol. The first-order valence-electron chi connectivity index (χ1n) is 10.6. The summed E-state index contributed by atoms with van der Waals surface area (Å²) in [5, 5.41) is 7.22. The summed E-state index contributed by atoms with van der Waals surface area (Å²) in [5.41, 5.74) is 0.241. The Labute approximate surface area is 198 Å². The molecule has 0 unspecified atom stereocenters. The molecule has 2 aromatic rings. The van der Waals surface area contributed by atoms with Gasteiger partial charge in [-0.15, -0.1) is 0 Å². The summed E-state index contributed by atoms with van der Waals surface area (Å²) in [5.74, 6) is -0.406. The second kappa shape index (κ2) is 8.02. The van der Waals surface area contributed by atoms with Crippen molar-refractivity contribution < 1.29 is 22.7 Å². The van der Waals surface area contributed by atoms with Gasteiger partial charge in [-0.3, -0.25) is 9.48 Å². The van der Waals surface area contributed by atoms with E-state index in [2.05, 4.69) is 10.4 Å². The average Bonchev–Trinajstić information content (AvgIpc) is 3.06. The van der Waals surface area contributed by atoms with Crippen LogP contribution in [0.3, 0.4) is 0 Å². The van der Waals surface area contributed by atoms with E-state index in [9.17, 15) is 18.0 Å². The Bertz CT molecular complexity index is 1200. The molecular weight excluding hydrogens is 468 g/mol. The maximum atomic E-state index is 12.6. The van der Waals surface area contributed by atoms with E-state index in [1.165, 1.54) is 24.4 Å². The highest BCUT2D eigenvalue weighted by molar-refractivity contribution is 7.90. The Morgan fingerprint density at radius 2 is 1.88 bits per heavy atom. The molecule has 1 saturated carbocycles. The molecule has 1 N–H and O–H groups in total. The second-order valence-electron chi connectivity index (χ2n) is 10.0. The number of hydrogen-bond acceptors (Lipinski definition) is 6. The Balaban J connectivity index is 1.33. The van der Waals surface area contributed by atoms with Crippen LogP contribution in [0.1, 0.15) is 50.0 Å². The van der Waals surface area contributed by atoms with Crippen molar-refractivity contribution in [3.63, 3.8) is 0 Å². The molecule has 4 rings (SSSR count). The van der Waals surface area contributed by atoms with Gasteiger partial charge in [0.2, 0.25) is 0 Å². The van der Waals surface area contributed by atoms with Crippen LogP contribution in [0.2, 0.25) is 5.02 Å². The Hall–Kier alpha value is -2.59. The normalized spacial score (nSPS) is 17.9. The zero-order valence-electron chi connectivity index (χ0n) is 19.0. The lowest BCUT2D eigenvalue weighted by Gasteiger charge is -2.58. The molecule has 1 aliphatic heterocycles. The van der Waals surface area contributed by atoms with Gasteiger partial charge in [-0.1, -0.05) is 11.6 Å². The number of nitrogens with one attached hydrogen (secondary N) is 1. The number of carbonyl (C=O) groups excluding carboxylic acids is 2. The van der Waals surface area contributed by atoms with Crippen molar-refractivity contribution in [3.8, 4) is 0 Å². The van der Waals surface area contributed by atoms with Crippen LogP contribution in [0.25, 0.3) is 0 Å². The van der Waals surface area contributed by atoms with Crippen LogP contribution in [0.4, 0.5) is 10.5 Å². The van der Waals surface area contributed by atoms with Crippen LogP contribution in [-0.4, -0.2) is 60.0 Å². The van der Waals surface area contributed by atoms with E-state index in [1.54, 1.807) is 15.8 Å². The van der Waals surface area contributed by atoms with Gasteiger partial charge in [-0.2, -0.15) is 5.10 Å². The maximum absolute atomic E-state index is 12.6. The minimum absolute atomic E-state index is 0.0293. The van der Waals surface area contributed by atoms with Crippen molar-refractivity contribution in [2.75, 3.05) is 24.7 Å². The summed E-state index contributed by atoms with van der Waals surface area (Å²) in [6.45, 7) is 6.89. The number of sulfone groups is 1. The third-order valence-electron chi connectivity index (χ3n) is 5.84. The number of halogens is 1. The summed E-state index contributed by atoms with van der Waals surface area (Å²) in [6.07, 6.45) is 5.71. The second-order valence-corrected chi connectivity index (χ2v) is 12.5. The minimum Gasteiger partial charge on any atom is -0.444 e. The van der Waals surface area contributed by atoms with Gasteiger partial charge in [0, 0.05) is 41.7 Å². The maximum Gasteiger partial charge on any atom is 0.410 e. The zero-order valence-corrected chi connectivity index (χ0v) is 20.5. The van der Waals surface area contributed by atoms with E-state index in [-0.39, 0.29) is 27.5 Å². The van der Waals surface area contributed by atoms with Crippen molar-refractivity contribution in [1.82, 2.24) is 14.7 Å². The molecule has 2 heterocycles. The van der Waals surface area contributed by atoms with Gasteiger partial charge in [0.15, 0.2) is 9.84 Å². The molecule has 1 aromatic heterocycles. The van der Waals surface area contributed by atoms with Crippen LogP contribution < -0.4 is 5.32 Å². The van der Waals surface area contributed by atoms with E-state index < -0.39 is 21.3 Å². The van der Waals surface area contributed by atoms with Gasteiger partial charge >= 0.3 is 6.09 Å². The largest absolute Gasteiger partial charge is 0.444 e. The molecule has 9 nitrogen and oxygen atoms in total. The lowest BCUT2D eigenvalue weighted by molar-refractivity contribution is -0.0927. The van der Waals surface area contributed by atoms with Gasteiger partial charge in [-0.25, -0.2) is 13.2 Å². The van der Waals surface area contributed by atoms with Gasteiger partial charge in [0.25, 0.3) is 5.91 Å². The van der Waals surface area contributed by atoms with E-state index in [4.69, 9.17) is 16.3 Å². The molecule has 2 fully saturated rings. The number of benzene rings is 1. The van der Waals surface area contributed by atoms with Crippen molar-refractivity contribution in [2.24, 2.45) is 5.41 Å². The molecule has 33 heavy (non-hydrogen) atoms. The molecule has 2 amide bonds. The third-order valence-corrected chi connectivity index (χ3v) is 7.15. The Morgan fingerprint density at radius 3 is 2.48 bits per heavy atom. The van der Waals surface area contributed by atoms with Crippen molar-refractivity contribution in [1.29, 1.82) is 0 Å². The number of ether oxygens (including phenoxy) is 1. The monoisotopic (exact) mass is 494 g/mol. The fourth-order valence-electron chi connectivity index (χ4n) is 4.31. The molecule has 2 aliphatic rings. The van der Waals surface area contributed by atoms with E-state index in [0.29, 0.717) is 24.3 Å². The summed E-state index contributed by atoms with van der Waals surface area (Å²) in [6, 6.07) is 4.35. The van der Waals surface area contributed by atoms with E-state index >= 15 is 0 Å². The molecular formula is C22H27ClN4O5S. The first-order chi connectivity index (χ1) is 15.2. The summed E-state index contributed by atoms with van der Waals surface area (Å²) >= 11 is 6.00. The topological polar surface area (TPSA) is 111 Å². The quantitative estimate of drug-likeness (QED) is 0.692. The SMILES string of the molecule is CC(C)(C)OC(=O)N1CC2(CC(n3cc(C(=O)Nc4cc(Cl)cc(S(C)(=O)=O)c4)cn3)C2)C1. The standard InChI is InChI=1S/C22H27ClN4O5S/c1-21(2,3)32-20(29)26-12-22(13-26)8-17(9-22)27-11-14(10-24-27)19(28)25-16-5-15(23)6-18(7-16)33(4,30)31/h5-7,10-11,17H,8-9,12-13H2,1-4H3,(H,25,28). The summed E-state index contributed by atoms with van der Waals surface area (Å²) < 4.78 is 30.8. The number of likely N-dealkylation sites (tertiary alicyclic amines) is 1. The van der Waals surface area contributed by atoms with E-state index in [0.717, 1.165) is 19.1 Å². The first kappa shape index (κ1) is 23.6. The fraction of sp³-hybridized carbons (Fsp3) is 0.500. The zero-order chi connectivity index (χ0) is 24.2. The van der Waals surface area contributed by atoms with Crippen LogP contribution in [0, 0.1) is 5.41 Å². The van der Waals surface area contributed by atoms with Crippen molar-refractivity contribution in [3.05, 3.63) is 41.2 Å². The number of aromatic nitrogens is 2. The molecule has 0 atom stereocenters. The molecule has 0 bridgehead atoms. The number of amides is 2. The number of rotatable bonds is 4. The predicted molar refractivity (Wildman–Crippen MR) is 123 cm³/mol. The van der Waals surface area contributed by atoms with Crippen molar-refractivity contribution >= 4 is 39.1 Å². The highest BCUT2D eigenvalue weighted by Gasteiger charge is 2.55. The van der Waals surface area contributed by atoms with Gasteiger partial charge in [-0.05, 0) is 51.8 Å². The minimum atomic E-state index is -3.46. The van der Waals surface area contributed by atoms with Crippen LogP contribution >= 0.6 is 11.6 Å². The molecule has 11 heteroatoms. The van der Waals surface area contributed by atoms with Gasteiger partial charge < -0.3 is 15.0 Å². The number of carbonyl (C=O) groups is 2. The molecule has 1 saturated heterocycles. The Kier molecular flexibility index (Phi) is 5.73. The highest BCUT2D eigenvalue weighted by Crippen LogP contribution is 2.54. The number of anilines is 1. The van der Waals surface area contributed by atoms with Crippen LogP contribution in [0.15, 0.2) is 35.5 Å². The molecule has 1 aliphatic carbocycles. The molecule has 178 valence electrons.